The van der Waals surface area contributed by atoms with Crippen LogP contribution in [-0.4, -0.2) is 23.1 Å². The normalized spacial score (nSPS) is 10.0. The first-order valence-corrected chi connectivity index (χ1v) is 7.49. The molecule has 25 heavy (non-hydrogen) atoms. The van der Waals surface area contributed by atoms with E-state index in [1.807, 2.05) is 54.6 Å². The zero-order valence-electron chi connectivity index (χ0n) is 13.3. The van der Waals surface area contributed by atoms with Crippen molar-refractivity contribution in [2.24, 2.45) is 0 Å². The second-order valence-corrected chi connectivity index (χ2v) is 5.20. The first kappa shape index (κ1) is 16.0. The summed E-state index contributed by atoms with van der Waals surface area (Å²) >= 11 is 0. The van der Waals surface area contributed by atoms with E-state index in [0.29, 0.717) is 11.6 Å². The van der Waals surface area contributed by atoms with Crippen LogP contribution < -0.4 is 15.4 Å². The maximum atomic E-state index is 8.90. The lowest BCUT2D eigenvalue weighted by Crippen LogP contribution is -2.26. The van der Waals surface area contributed by atoms with E-state index in [1.165, 1.54) is 11.2 Å². The van der Waals surface area contributed by atoms with Gasteiger partial charge in [-0.15, -0.1) is 0 Å². The maximum absolute atomic E-state index is 8.90. The Bertz CT molecular complexity index is 973. The molecule has 2 aromatic carbocycles. The number of anilines is 2. The Morgan fingerprint density at radius 2 is 1.72 bits per heavy atom. The van der Waals surface area contributed by atoms with Gasteiger partial charge in [-0.05, 0) is 22.9 Å². The van der Waals surface area contributed by atoms with Crippen LogP contribution in [0.3, 0.4) is 0 Å². The molecule has 1 heterocycles. The van der Waals surface area contributed by atoms with Gasteiger partial charge in [0.25, 0.3) is 0 Å². The van der Waals surface area contributed by atoms with E-state index in [9.17, 15) is 0 Å². The molecule has 1 aromatic heterocycles. The second kappa shape index (κ2) is 7.16. The van der Waals surface area contributed by atoms with E-state index in [2.05, 4.69) is 9.97 Å². The van der Waals surface area contributed by atoms with Crippen molar-refractivity contribution in [1.29, 1.82) is 10.5 Å². The minimum atomic E-state index is -0.00973. The predicted octanol–water partition coefficient (Wildman–Crippen LogP) is 2.86. The summed E-state index contributed by atoms with van der Waals surface area (Å²) in [4.78, 5) is 9.60. The Labute approximate surface area is 144 Å². The van der Waals surface area contributed by atoms with Gasteiger partial charge in [-0.2, -0.15) is 15.5 Å². The molecule has 0 atom stereocenters. The van der Waals surface area contributed by atoms with Gasteiger partial charge in [-0.25, -0.2) is 4.98 Å². The van der Waals surface area contributed by atoms with Gasteiger partial charge in [0.05, 0.1) is 12.1 Å². The number of nitrogens with zero attached hydrogens (tertiary/aromatic N) is 5. The lowest BCUT2D eigenvalue weighted by atomic mass is 10.1. The SMILES string of the molecule is N#CCN(CC#N)c1ncnc(Oc2ccc3ccccc3c2)c1N. The van der Waals surface area contributed by atoms with Crippen LogP contribution in [0.2, 0.25) is 0 Å². The van der Waals surface area contributed by atoms with Crippen LogP contribution in [-0.2, 0) is 0 Å². The minimum absolute atomic E-state index is 0.00973. The standard InChI is InChI=1S/C18H14N6O/c19-7-9-24(10-8-20)17-16(21)18(23-12-22-17)25-15-6-5-13-3-1-2-4-14(13)11-15/h1-6,11-12H,9-10,21H2. The number of benzene rings is 2. The third-order valence-corrected chi connectivity index (χ3v) is 3.58. The van der Waals surface area contributed by atoms with E-state index in [-0.39, 0.29) is 24.7 Å². The molecule has 0 amide bonds. The number of hydrogen-bond donors (Lipinski definition) is 1. The number of ether oxygens (including phenoxy) is 1. The fraction of sp³-hybridized carbons (Fsp3) is 0.111. The molecule has 0 aliphatic rings. The van der Waals surface area contributed by atoms with E-state index in [0.717, 1.165) is 10.8 Å². The molecule has 0 unspecified atom stereocenters. The Hall–Kier alpha value is -3.84. The molecule has 7 heteroatoms. The molecule has 3 rings (SSSR count). The number of rotatable bonds is 5. The number of nitrogens with two attached hydrogens (primary N) is 1. The van der Waals surface area contributed by atoms with Crippen LogP contribution in [0, 0.1) is 22.7 Å². The highest BCUT2D eigenvalue weighted by molar-refractivity contribution is 5.84. The fourth-order valence-corrected chi connectivity index (χ4v) is 2.42. The summed E-state index contributed by atoms with van der Waals surface area (Å²) < 4.78 is 5.80. The van der Waals surface area contributed by atoms with E-state index in [1.54, 1.807) is 0 Å². The number of nitrogen functional groups attached to an aromatic ring is 1. The highest BCUT2D eigenvalue weighted by Gasteiger charge is 2.16. The Morgan fingerprint density at radius 1 is 1.00 bits per heavy atom. The summed E-state index contributed by atoms with van der Waals surface area (Å²) in [7, 11) is 0. The zero-order valence-corrected chi connectivity index (χ0v) is 13.3. The summed E-state index contributed by atoms with van der Waals surface area (Å²) in [5.74, 6) is 1.07. The van der Waals surface area contributed by atoms with Crippen molar-refractivity contribution in [2.75, 3.05) is 23.7 Å². The van der Waals surface area contributed by atoms with Crippen molar-refractivity contribution >= 4 is 22.3 Å². The third kappa shape index (κ3) is 3.41. The largest absolute Gasteiger partial charge is 0.437 e. The van der Waals surface area contributed by atoms with Crippen molar-refractivity contribution in [3.8, 4) is 23.8 Å². The molecule has 0 radical (unpaired) electrons. The molecule has 0 saturated heterocycles. The van der Waals surface area contributed by atoms with Gasteiger partial charge in [-0.3, -0.25) is 0 Å². The van der Waals surface area contributed by atoms with Crippen LogP contribution in [0.5, 0.6) is 11.6 Å². The lowest BCUT2D eigenvalue weighted by Gasteiger charge is -2.19. The first-order chi connectivity index (χ1) is 12.2. The predicted molar refractivity (Wildman–Crippen MR) is 93.9 cm³/mol. The van der Waals surface area contributed by atoms with Gasteiger partial charge in [0.2, 0.25) is 5.88 Å². The van der Waals surface area contributed by atoms with Gasteiger partial charge in [0.15, 0.2) is 5.82 Å². The average Bonchev–Trinajstić information content (AvgIpc) is 2.63. The molecule has 122 valence electrons. The summed E-state index contributed by atoms with van der Waals surface area (Å²) in [6.07, 6.45) is 1.30. The van der Waals surface area contributed by atoms with Crippen LogP contribution in [0.1, 0.15) is 0 Å². The molecule has 2 N–H and O–H groups in total. The van der Waals surface area contributed by atoms with Crippen molar-refractivity contribution in [3.05, 3.63) is 48.8 Å². The van der Waals surface area contributed by atoms with Crippen LogP contribution in [0.15, 0.2) is 48.8 Å². The Balaban J connectivity index is 1.93. The highest BCUT2D eigenvalue weighted by atomic mass is 16.5. The Kier molecular flexibility index (Phi) is 4.59. The molecule has 0 bridgehead atoms. The van der Waals surface area contributed by atoms with E-state index < -0.39 is 0 Å². The molecule has 7 nitrogen and oxygen atoms in total. The monoisotopic (exact) mass is 330 g/mol. The fourth-order valence-electron chi connectivity index (χ4n) is 2.42. The van der Waals surface area contributed by atoms with Crippen LogP contribution in [0.25, 0.3) is 10.8 Å². The van der Waals surface area contributed by atoms with Gasteiger partial charge in [-0.1, -0.05) is 30.3 Å². The van der Waals surface area contributed by atoms with Crippen molar-refractivity contribution in [1.82, 2.24) is 9.97 Å². The first-order valence-electron chi connectivity index (χ1n) is 7.49. The van der Waals surface area contributed by atoms with Gasteiger partial charge in [0, 0.05) is 0 Å². The molecule has 0 spiro atoms. The molecular formula is C18H14N6O. The van der Waals surface area contributed by atoms with E-state index >= 15 is 0 Å². The highest BCUT2D eigenvalue weighted by Crippen LogP contribution is 2.32. The van der Waals surface area contributed by atoms with Crippen molar-refractivity contribution in [2.45, 2.75) is 0 Å². The number of aromatic nitrogens is 2. The topological polar surface area (TPSA) is 112 Å². The molecular weight excluding hydrogens is 316 g/mol. The Morgan fingerprint density at radius 3 is 2.44 bits per heavy atom. The number of hydrogen-bond acceptors (Lipinski definition) is 7. The van der Waals surface area contributed by atoms with Gasteiger partial charge < -0.3 is 15.4 Å². The quantitative estimate of drug-likeness (QED) is 0.716. The van der Waals surface area contributed by atoms with Gasteiger partial charge in [0.1, 0.15) is 30.9 Å². The molecule has 0 saturated carbocycles. The summed E-state index contributed by atoms with van der Waals surface area (Å²) in [6, 6.07) is 17.5. The van der Waals surface area contributed by atoms with Crippen molar-refractivity contribution < 1.29 is 4.74 Å². The molecule has 0 fully saturated rings. The smallest absolute Gasteiger partial charge is 0.248 e. The number of fused-ring (bicyclic) bond motifs is 1. The molecule has 3 aromatic rings. The van der Waals surface area contributed by atoms with Crippen molar-refractivity contribution in [3.63, 3.8) is 0 Å². The zero-order chi connectivity index (χ0) is 17.6. The summed E-state index contributed by atoms with van der Waals surface area (Å²) in [5, 5.41) is 19.9. The maximum Gasteiger partial charge on any atom is 0.248 e. The third-order valence-electron chi connectivity index (χ3n) is 3.58. The van der Waals surface area contributed by atoms with Crippen LogP contribution in [0.4, 0.5) is 11.5 Å². The summed E-state index contributed by atoms with van der Waals surface area (Å²) in [6.45, 7) is -0.0195. The average molecular weight is 330 g/mol. The molecule has 0 aliphatic carbocycles. The molecule has 0 aliphatic heterocycles. The van der Waals surface area contributed by atoms with E-state index in [4.69, 9.17) is 21.0 Å². The van der Waals surface area contributed by atoms with Crippen LogP contribution >= 0.6 is 0 Å². The summed E-state index contributed by atoms with van der Waals surface area (Å²) in [5.41, 5.74) is 6.28. The lowest BCUT2D eigenvalue weighted by molar-refractivity contribution is 0.465. The second-order valence-electron chi connectivity index (χ2n) is 5.20. The minimum Gasteiger partial charge on any atom is -0.437 e. The van der Waals surface area contributed by atoms with Gasteiger partial charge >= 0.3 is 0 Å². The number of nitriles is 2.